The van der Waals surface area contributed by atoms with Crippen molar-refractivity contribution >= 4 is 11.8 Å². The van der Waals surface area contributed by atoms with Gasteiger partial charge in [-0.2, -0.15) is 0 Å². The first-order valence-corrected chi connectivity index (χ1v) is 4.50. The van der Waals surface area contributed by atoms with Gasteiger partial charge in [0.05, 0.1) is 0 Å². The molecule has 0 atom stereocenters. The highest BCUT2D eigenvalue weighted by molar-refractivity contribution is 8.00. The fourth-order valence-electron chi connectivity index (χ4n) is 1.21. The lowest BCUT2D eigenvalue weighted by atomic mass is 10.6. The summed E-state index contributed by atoms with van der Waals surface area (Å²) in [7, 11) is 0. The SMILES string of the molecule is C1CSC2(N1)NCNCN2. The van der Waals surface area contributed by atoms with E-state index in [0.717, 1.165) is 19.9 Å². The molecule has 2 aliphatic heterocycles. The van der Waals surface area contributed by atoms with Crippen molar-refractivity contribution in [3.8, 4) is 0 Å². The zero-order valence-corrected chi connectivity index (χ0v) is 6.55. The van der Waals surface area contributed by atoms with Gasteiger partial charge in [0.2, 0.25) is 0 Å². The number of hydrogen-bond donors (Lipinski definition) is 4. The lowest BCUT2D eigenvalue weighted by Gasteiger charge is -2.35. The lowest BCUT2D eigenvalue weighted by molar-refractivity contribution is 0.268. The molecule has 4 N–H and O–H groups in total. The summed E-state index contributed by atoms with van der Waals surface area (Å²) < 4.78 is 0. The summed E-state index contributed by atoms with van der Waals surface area (Å²) >= 11 is 1.89. The second kappa shape index (κ2) is 2.67. The molecule has 2 heterocycles. The Balaban J connectivity index is 1.98. The molecule has 2 saturated heterocycles. The van der Waals surface area contributed by atoms with Crippen molar-refractivity contribution < 1.29 is 0 Å². The molecule has 0 aromatic carbocycles. The largest absolute Gasteiger partial charge is 0.292 e. The Bertz CT molecular complexity index is 115. The van der Waals surface area contributed by atoms with E-state index in [-0.39, 0.29) is 5.12 Å². The van der Waals surface area contributed by atoms with Crippen LogP contribution in [0.1, 0.15) is 0 Å². The van der Waals surface area contributed by atoms with Crippen LogP contribution in [0.4, 0.5) is 0 Å². The maximum atomic E-state index is 3.37. The lowest BCUT2D eigenvalue weighted by Crippen LogP contribution is -2.68. The summed E-state index contributed by atoms with van der Waals surface area (Å²) in [6, 6.07) is 0. The van der Waals surface area contributed by atoms with Gasteiger partial charge in [-0.25, -0.2) is 0 Å². The molecule has 10 heavy (non-hydrogen) atoms. The van der Waals surface area contributed by atoms with Gasteiger partial charge in [0.15, 0.2) is 5.12 Å². The molecule has 0 aromatic rings. The van der Waals surface area contributed by atoms with Gasteiger partial charge in [0.25, 0.3) is 0 Å². The first-order chi connectivity index (χ1) is 4.91. The van der Waals surface area contributed by atoms with Crippen molar-refractivity contribution in [1.82, 2.24) is 21.3 Å². The minimum absolute atomic E-state index is 0.0226. The van der Waals surface area contributed by atoms with E-state index in [1.54, 1.807) is 0 Å². The smallest absolute Gasteiger partial charge is 0.175 e. The maximum absolute atomic E-state index is 3.37. The minimum atomic E-state index is -0.0226. The van der Waals surface area contributed by atoms with E-state index in [0.29, 0.717) is 0 Å². The third-order valence-corrected chi connectivity index (χ3v) is 2.99. The van der Waals surface area contributed by atoms with Gasteiger partial charge in [0.1, 0.15) is 0 Å². The average Bonchev–Trinajstić information content (AvgIpc) is 2.39. The summed E-state index contributed by atoms with van der Waals surface area (Å²) in [6.07, 6.45) is 0. The van der Waals surface area contributed by atoms with E-state index in [9.17, 15) is 0 Å². The van der Waals surface area contributed by atoms with Crippen LogP contribution in [0, 0.1) is 0 Å². The van der Waals surface area contributed by atoms with Crippen LogP contribution in [0.15, 0.2) is 0 Å². The monoisotopic (exact) mass is 160 g/mol. The molecule has 5 heteroatoms. The second-order valence-electron chi connectivity index (χ2n) is 2.41. The molecule has 0 bridgehead atoms. The highest BCUT2D eigenvalue weighted by Crippen LogP contribution is 2.21. The molecule has 2 aliphatic rings. The fourth-order valence-corrected chi connectivity index (χ4v) is 2.27. The van der Waals surface area contributed by atoms with Gasteiger partial charge in [-0.1, -0.05) is 0 Å². The molecule has 2 rings (SSSR count). The summed E-state index contributed by atoms with van der Waals surface area (Å²) in [6.45, 7) is 2.85. The van der Waals surface area contributed by atoms with Gasteiger partial charge in [0, 0.05) is 25.6 Å². The molecule has 0 aromatic heterocycles. The Morgan fingerprint density at radius 2 is 1.90 bits per heavy atom. The van der Waals surface area contributed by atoms with E-state index < -0.39 is 0 Å². The van der Waals surface area contributed by atoms with Crippen LogP contribution in [-0.2, 0) is 0 Å². The predicted octanol–water partition coefficient (Wildman–Crippen LogP) is -1.37. The molecule has 0 unspecified atom stereocenters. The highest BCUT2D eigenvalue weighted by Gasteiger charge is 2.34. The molecular formula is C5H12N4S. The molecule has 58 valence electrons. The van der Waals surface area contributed by atoms with Crippen LogP contribution >= 0.6 is 11.8 Å². The summed E-state index contributed by atoms with van der Waals surface area (Å²) in [5.74, 6) is 1.18. The Kier molecular flexibility index (Phi) is 1.84. The van der Waals surface area contributed by atoms with Gasteiger partial charge in [-0.3, -0.25) is 21.3 Å². The Labute approximate surface area is 64.5 Å². The van der Waals surface area contributed by atoms with Crippen molar-refractivity contribution in [2.45, 2.75) is 5.12 Å². The van der Waals surface area contributed by atoms with Crippen molar-refractivity contribution in [2.75, 3.05) is 25.6 Å². The van der Waals surface area contributed by atoms with E-state index in [2.05, 4.69) is 21.3 Å². The van der Waals surface area contributed by atoms with Gasteiger partial charge in [-0.05, 0) is 0 Å². The molecule has 0 aliphatic carbocycles. The van der Waals surface area contributed by atoms with Gasteiger partial charge >= 0.3 is 0 Å². The van der Waals surface area contributed by atoms with Crippen LogP contribution in [0.3, 0.4) is 0 Å². The van der Waals surface area contributed by atoms with Crippen molar-refractivity contribution in [3.63, 3.8) is 0 Å². The third kappa shape index (κ3) is 1.15. The topological polar surface area (TPSA) is 48.1 Å². The molecule has 0 radical (unpaired) electrons. The number of nitrogens with one attached hydrogen (secondary N) is 4. The minimum Gasteiger partial charge on any atom is -0.292 e. The zero-order valence-electron chi connectivity index (χ0n) is 5.74. The molecule has 0 saturated carbocycles. The number of rotatable bonds is 0. The van der Waals surface area contributed by atoms with Gasteiger partial charge < -0.3 is 0 Å². The fraction of sp³-hybridized carbons (Fsp3) is 1.00. The van der Waals surface area contributed by atoms with E-state index in [1.165, 1.54) is 5.75 Å². The second-order valence-corrected chi connectivity index (χ2v) is 3.72. The zero-order chi connectivity index (χ0) is 6.86. The van der Waals surface area contributed by atoms with E-state index >= 15 is 0 Å². The maximum Gasteiger partial charge on any atom is 0.175 e. The van der Waals surface area contributed by atoms with E-state index in [1.807, 2.05) is 11.8 Å². The Morgan fingerprint density at radius 3 is 2.50 bits per heavy atom. The normalized spacial score (nSPS) is 31.2. The third-order valence-electron chi connectivity index (χ3n) is 1.72. The predicted molar refractivity (Wildman–Crippen MR) is 42.3 cm³/mol. The summed E-state index contributed by atoms with van der Waals surface area (Å²) in [5.41, 5.74) is 0. The Morgan fingerprint density at radius 1 is 1.10 bits per heavy atom. The summed E-state index contributed by atoms with van der Waals surface area (Å²) in [4.78, 5) is 0. The number of hydrogen-bond acceptors (Lipinski definition) is 5. The summed E-state index contributed by atoms with van der Waals surface area (Å²) in [5, 5.41) is 13.2. The molecular weight excluding hydrogens is 148 g/mol. The molecule has 0 amide bonds. The van der Waals surface area contributed by atoms with Crippen LogP contribution in [0.5, 0.6) is 0 Å². The first-order valence-electron chi connectivity index (χ1n) is 3.51. The first kappa shape index (κ1) is 6.87. The highest BCUT2D eigenvalue weighted by atomic mass is 32.2. The molecule has 2 fully saturated rings. The van der Waals surface area contributed by atoms with Crippen LogP contribution in [-0.4, -0.2) is 30.8 Å². The standard InChI is InChI=1S/C5H12N4S/c1-2-10-5(7-1)8-3-6-4-9-5/h6-9H,1-4H2. The number of thioether (sulfide) groups is 1. The van der Waals surface area contributed by atoms with Crippen molar-refractivity contribution in [1.29, 1.82) is 0 Å². The van der Waals surface area contributed by atoms with Gasteiger partial charge in [-0.15, -0.1) is 11.8 Å². The quantitative estimate of drug-likeness (QED) is 0.352. The van der Waals surface area contributed by atoms with Crippen LogP contribution in [0.25, 0.3) is 0 Å². The van der Waals surface area contributed by atoms with Crippen molar-refractivity contribution in [3.05, 3.63) is 0 Å². The molecule has 4 nitrogen and oxygen atoms in total. The van der Waals surface area contributed by atoms with Crippen molar-refractivity contribution in [2.24, 2.45) is 0 Å². The average molecular weight is 160 g/mol. The van der Waals surface area contributed by atoms with Crippen LogP contribution in [0.2, 0.25) is 0 Å². The van der Waals surface area contributed by atoms with Crippen LogP contribution < -0.4 is 21.3 Å². The van der Waals surface area contributed by atoms with E-state index in [4.69, 9.17) is 0 Å². The Hall–Kier alpha value is 0.190. The molecule has 1 spiro atoms.